The summed E-state index contributed by atoms with van der Waals surface area (Å²) in [5.74, 6) is -0.0282. The SMILES string of the molecule is CCCC/C=C\C/C=C\CCCCCCCC(=O)OCCCCCCCCCCCCCCCCCCCCCCCCCCCCCCC(=O)NC(CO)C(O)CCCCCCCCCCCC. The van der Waals surface area contributed by atoms with Gasteiger partial charge in [0.1, 0.15) is 0 Å². The predicted molar refractivity (Wildman–Crippen MR) is 301 cm³/mol. The van der Waals surface area contributed by atoms with Gasteiger partial charge in [-0.2, -0.15) is 0 Å². The third-order valence-corrected chi connectivity index (χ3v) is 14.5. The summed E-state index contributed by atoms with van der Waals surface area (Å²) in [4.78, 5) is 24.5. The van der Waals surface area contributed by atoms with Crippen molar-refractivity contribution in [1.82, 2.24) is 5.32 Å². The van der Waals surface area contributed by atoms with Gasteiger partial charge in [-0.05, 0) is 51.4 Å². The predicted octanol–water partition coefficient (Wildman–Crippen LogP) is 19.4. The van der Waals surface area contributed by atoms with Crippen LogP contribution in [0, 0.1) is 0 Å². The number of nitrogens with one attached hydrogen (secondary N) is 1. The van der Waals surface area contributed by atoms with Crippen molar-refractivity contribution >= 4 is 11.9 Å². The van der Waals surface area contributed by atoms with Crippen LogP contribution in [0.1, 0.15) is 341 Å². The standard InChI is InChI=1S/C63H121NO5/c1-3-5-7-9-11-13-15-16-34-37-41-45-49-53-57-63(68)69-58-54-50-46-42-38-35-32-30-28-26-24-22-20-18-17-19-21-23-25-27-29-31-33-36-40-44-48-52-56-62(67)64-60(59-65)61(66)55-51-47-43-39-14-12-10-8-6-4-2/h9,11,15-16,60-61,65-66H,3-8,10,12-14,17-59H2,1-2H3,(H,64,67)/b11-9-,16-15-. The van der Waals surface area contributed by atoms with Gasteiger partial charge in [0.25, 0.3) is 0 Å². The average Bonchev–Trinajstić information content (AvgIpc) is 3.35. The minimum Gasteiger partial charge on any atom is -0.466 e. The number of esters is 1. The quantitative estimate of drug-likeness (QED) is 0.0321. The Bertz CT molecular complexity index is 1080. The number of unbranched alkanes of at least 4 members (excludes halogenated alkanes) is 43. The minimum absolute atomic E-state index is 0.00423. The van der Waals surface area contributed by atoms with Crippen molar-refractivity contribution < 1.29 is 24.5 Å². The van der Waals surface area contributed by atoms with Gasteiger partial charge in [0.15, 0.2) is 0 Å². The van der Waals surface area contributed by atoms with Gasteiger partial charge in [0, 0.05) is 12.8 Å². The van der Waals surface area contributed by atoms with Gasteiger partial charge in [-0.3, -0.25) is 9.59 Å². The highest BCUT2D eigenvalue weighted by Gasteiger charge is 2.20. The molecule has 408 valence electrons. The third-order valence-electron chi connectivity index (χ3n) is 14.5. The van der Waals surface area contributed by atoms with Crippen LogP contribution >= 0.6 is 0 Å². The number of allylic oxidation sites excluding steroid dienone is 4. The van der Waals surface area contributed by atoms with E-state index in [9.17, 15) is 19.8 Å². The summed E-state index contributed by atoms with van der Waals surface area (Å²) in [7, 11) is 0. The molecular formula is C63H121NO5. The molecule has 0 saturated heterocycles. The third kappa shape index (κ3) is 55.5. The number of hydrogen-bond acceptors (Lipinski definition) is 5. The van der Waals surface area contributed by atoms with E-state index in [-0.39, 0.29) is 18.5 Å². The molecule has 0 aliphatic heterocycles. The maximum Gasteiger partial charge on any atom is 0.305 e. The van der Waals surface area contributed by atoms with Crippen LogP contribution in [-0.2, 0) is 14.3 Å². The van der Waals surface area contributed by atoms with E-state index in [0.717, 1.165) is 51.4 Å². The Balaban J connectivity index is 3.32. The number of rotatable bonds is 58. The van der Waals surface area contributed by atoms with Gasteiger partial charge in [-0.25, -0.2) is 0 Å². The molecule has 2 atom stereocenters. The smallest absolute Gasteiger partial charge is 0.305 e. The Morgan fingerprint density at radius 3 is 1.14 bits per heavy atom. The van der Waals surface area contributed by atoms with Crippen molar-refractivity contribution in [1.29, 1.82) is 0 Å². The van der Waals surface area contributed by atoms with E-state index in [1.807, 2.05) is 0 Å². The molecule has 0 aromatic heterocycles. The molecule has 69 heavy (non-hydrogen) atoms. The number of amides is 1. The molecule has 0 radical (unpaired) electrons. The monoisotopic (exact) mass is 972 g/mol. The molecule has 0 aromatic rings. The number of aliphatic hydroxyl groups is 2. The molecule has 6 nitrogen and oxygen atoms in total. The molecule has 0 aromatic carbocycles. The summed E-state index contributed by atoms with van der Waals surface area (Å²) in [6, 6.07) is -0.537. The van der Waals surface area contributed by atoms with Gasteiger partial charge >= 0.3 is 5.97 Å². The second kappa shape index (κ2) is 58.9. The molecule has 0 aliphatic carbocycles. The zero-order valence-corrected chi connectivity index (χ0v) is 46.6. The Kier molecular flexibility index (Phi) is 57.5. The summed E-state index contributed by atoms with van der Waals surface area (Å²) < 4.78 is 5.48. The Morgan fingerprint density at radius 1 is 0.406 bits per heavy atom. The number of aliphatic hydroxyl groups excluding tert-OH is 2. The number of ether oxygens (including phenoxy) is 1. The fourth-order valence-electron chi connectivity index (χ4n) is 9.72. The average molecular weight is 973 g/mol. The van der Waals surface area contributed by atoms with E-state index in [0.29, 0.717) is 25.9 Å². The van der Waals surface area contributed by atoms with Crippen LogP contribution < -0.4 is 5.32 Å². The summed E-state index contributed by atoms with van der Waals surface area (Å²) >= 11 is 0. The number of carbonyl (C=O) groups excluding carboxylic acids is 2. The highest BCUT2D eigenvalue weighted by molar-refractivity contribution is 5.76. The van der Waals surface area contributed by atoms with Crippen LogP contribution in [0.5, 0.6) is 0 Å². The summed E-state index contributed by atoms with van der Waals surface area (Å²) in [5.41, 5.74) is 0. The highest BCUT2D eigenvalue weighted by atomic mass is 16.5. The Hall–Kier alpha value is -1.66. The van der Waals surface area contributed by atoms with E-state index in [2.05, 4.69) is 43.5 Å². The first kappa shape index (κ1) is 67.3. The molecule has 0 saturated carbocycles. The van der Waals surface area contributed by atoms with Crippen molar-refractivity contribution in [3.8, 4) is 0 Å². The normalized spacial score (nSPS) is 12.7. The highest BCUT2D eigenvalue weighted by Crippen LogP contribution is 2.18. The zero-order chi connectivity index (χ0) is 50.0. The molecular weight excluding hydrogens is 851 g/mol. The Morgan fingerprint density at radius 2 is 0.739 bits per heavy atom. The number of hydrogen-bond donors (Lipinski definition) is 3. The van der Waals surface area contributed by atoms with E-state index in [4.69, 9.17) is 4.74 Å². The van der Waals surface area contributed by atoms with E-state index in [1.165, 1.54) is 257 Å². The van der Waals surface area contributed by atoms with Crippen molar-refractivity contribution in [2.75, 3.05) is 13.2 Å². The van der Waals surface area contributed by atoms with Gasteiger partial charge in [-0.15, -0.1) is 0 Å². The Labute approximate surface area is 431 Å². The zero-order valence-electron chi connectivity index (χ0n) is 46.6. The van der Waals surface area contributed by atoms with Gasteiger partial charge in [-0.1, -0.05) is 301 Å². The lowest BCUT2D eigenvalue weighted by Gasteiger charge is -2.22. The van der Waals surface area contributed by atoms with Crippen molar-refractivity contribution in [3.05, 3.63) is 24.3 Å². The van der Waals surface area contributed by atoms with Crippen LogP contribution in [0.15, 0.2) is 24.3 Å². The van der Waals surface area contributed by atoms with Crippen molar-refractivity contribution in [3.63, 3.8) is 0 Å². The first-order valence-electron chi connectivity index (χ1n) is 31.1. The van der Waals surface area contributed by atoms with E-state index >= 15 is 0 Å². The van der Waals surface area contributed by atoms with E-state index < -0.39 is 12.1 Å². The fraction of sp³-hybridized carbons (Fsp3) is 0.905. The van der Waals surface area contributed by atoms with E-state index in [1.54, 1.807) is 0 Å². The summed E-state index contributed by atoms with van der Waals surface area (Å²) in [5, 5.41) is 23.2. The fourth-order valence-corrected chi connectivity index (χ4v) is 9.72. The van der Waals surface area contributed by atoms with Gasteiger partial charge in [0.05, 0.1) is 25.4 Å². The lowest BCUT2D eigenvalue weighted by atomic mass is 10.0. The maximum atomic E-state index is 12.4. The summed E-state index contributed by atoms with van der Waals surface area (Å²) in [6.45, 7) is 4.91. The maximum absolute atomic E-state index is 12.4. The molecule has 2 unspecified atom stereocenters. The molecule has 0 rings (SSSR count). The van der Waals surface area contributed by atoms with Crippen LogP contribution in [0.2, 0.25) is 0 Å². The lowest BCUT2D eigenvalue weighted by Crippen LogP contribution is -2.45. The molecule has 1 amide bonds. The molecule has 0 bridgehead atoms. The molecule has 0 fully saturated rings. The molecule has 6 heteroatoms. The van der Waals surface area contributed by atoms with Crippen LogP contribution in [-0.4, -0.2) is 47.4 Å². The largest absolute Gasteiger partial charge is 0.466 e. The van der Waals surface area contributed by atoms with Crippen LogP contribution in [0.3, 0.4) is 0 Å². The van der Waals surface area contributed by atoms with Gasteiger partial charge in [0.2, 0.25) is 5.91 Å². The van der Waals surface area contributed by atoms with Gasteiger partial charge < -0.3 is 20.3 Å². The van der Waals surface area contributed by atoms with Crippen molar-refractivity contribution in [2.45, 2.75) is 353 Å². The minimum atomic E-state index is -0.660. The van der Waals surface area contributed by atoms with Crippen LogP contribution in [0.4, 0.5) is 0 Å². The molecule has 0 spiro atoms. The first-order chi connectivity index (χ1) is 34.0. The van der Waals surface area contributed by atoms with Crippen molar-refractivity contribution in [2.24, 2.45) is 0 Å². The second-order valence-corrected chi connectivity index (χ2v) is 21.4. The molecule has 3 N–H and O–H groups in total. The summed E-state index contributed by atoms with van der Waals surface area (Å²) in [6.07, 6.45) is 72.1. The molecule has 0 heterocycles. The number of carbonyl (C=O) groups is 2. The second-order valence-electron chi connectivity index (χ2n) is 21.4. The first-order valence-corrected chi connectivity index (χ1v) is 31.1. The van der Waals surface area contributed by atoms with Crippen LogP contribution in [0.25, 0.3) is 0 Å². The molecule has 0 aliphatic rings. The lowest BCUT2D eigenvalue weighted by molar-refractivity contribution is -0.143. The topological polar surface area (TPSA) is 95.9 Å².